The summed E-state index contributed by atoms with van der Waals surface area (Å²) in [7, 11) is 0. The summed E-state index contributed by atoms with van der Waals surface area (Å²) in [6.45, 7) is 5.39. The average molecular weight is 386 g/mol. The van der Waals surface area contributed by atoms with Crippen LogP contribution >= 0.6 is 11.6 Å². The molecule has 0 saturated carbocycles. The molecule has 0 unspecified atom stereocenters. The van der Waals surface area contributed by atoms with Gasteiger partial charge in [-0.1, -0.05) is 23.7 Å². The van der Waals surface area contributed by atoms with Gasteiger partial charge in [0.2, 0.25) is 5.95 Å². The van der Waals surface area contributed by atoms with Crippen molar-refractivity contribution < 1.29 is 14.4 Å². The van der Waals surface area contributed by atoms with Crippen LogP contribution in [0.4, 0.5) is 5.95 Å². The molecule has 1 aliphatic heterocycles. The SMILES string of the molecule is O=C(Nc1nc2ccccc2n1CC[NH+]1CCOCC1)c1ccc(Cl)cc1. The molecule has 27 heavy (non-hydrogen) atoms. The maximum absolute atomic E-state index is 12.6. The lowest BCUT2D eigenvalue weighted by Gasteiger charge is -2.24. The largest absolute Gasteiger partial charge is 0.370 e. The monoisotopic (exact) mass is 385 g/mol. The van der Waals surface area contributed by atoms with Crippen LogP contribution in [0.2, 0.25) is 5.02 Å². The summed E-state index contributed by atoms with van der Waals surface area (Å²) < 4.78 is 7.52. The van der Waals surface area contributed by atoms with E-state index in [1.165, 1.54) is 4.90 Å². The number of fused-ring (bicyclic) bond motifs is 1. The second-order valence-corrected chi connectivity index (χ2v) is 7.09. The van der Waals surface area contributed by atoms with Crippen LogP contribution in [-0.2, 0) is 11.3 Å². The highest BCUT2D eigenvalue weighted by atomic mass is 35.5. The zero-order valence-corrected chi connectivity index (χ0v) is 15.7. The number of nitrogens with one attached hydrogen (secondary N) is 2. The smallest absolute Gasteiger partial charge is 0.257 e. The molecule has 6 nitrogen and oxygen atoms in total. The van der Waals surface area contributed by atoms with Gasteiger partial charge in [0.15, 0.2) is 0 Å². The number of benzene rings is 2. The molecule has 3 aromatic rings. The number of carbonyl (C=O) groups is 1. The average Bonchev–Trinajstić information content (AvgIpc) is 3.04. The van der Waals surface area contributed by atoms with Crippen LogP contribution in [0.25, 0.3) is 11.0 Å². The number of amides is 1. The van der Waals surface area contributed by atoms with Gasteiger partial charge in [0.1, 0.15) is 13.1 Å². The van der Waals surface area contributed by atoms with Gasteiger partial charge in [0.05, 0.1) is 37.3 Å². The fourth-order valence-electron chi connectivity index (χ4n) is 3.35. The first-order chi connectivity index (χ1) is 13.2. The molecule has 1 saturated heterocycles. The van der Waals surface area contributed by atoms with Gasteiger partial charge in [-0.25, -0.2) is 4.98 Å². The van der Waals surface area contributed by atoms with E-state index >= 15 is 0 Å². The van der Waals surface area contributed by atoms with Gasteiger partial charge in [-0.05, 0) is 36.4 Å². The van der Waals surface area contributed by atoms with E-state index in [2.05, 4.69) is 14.9 Å². The van der Waals surface area contributed by atoms with Crippen molar-refractivity contribution in [1.29, 1.82) is 0 Å². The Morgan fingerprint density at radius 1 is 1.15 bits per heavy atom. The predicted molar refractivity (Wildman–Crippen MR) is 106 cm³/mol. The van der Waals surface area contributed by atoms with E-state index in [-0.39, 0.29) is 5.91 Å². The Morgan fingerprint density at radius 3 is 2.67 bits per heavy atom. The fraction of sp³-hybridized carbons (Fsp3) is 0.300. The van der Waals surface area contributed by atoms with Gasteiger partial charge >= 0.3 is 0 Å². The summed E-state index contributed by atoms with van der Waals surface area (Å²) in [6.07, 6.45) is 0. The van der Waals surface area contributed by atoms with Crippen molar-refractivity contribution >= 4 is 34.5 Å². The normalized spacial score (nSPS) is 15.1. The van der Waals surface area contributed by atoms with E-state index in [9.17, 15) is 4.79 Å². The minimum Gasteiger partial charge on any atom is -0.370 e. The number of carbonyl (C=O) groups excluding carboxylic acids is 1. The predicted octanol–water partition coefficient (Wildman–Crippen LogP) is 1.86. The van der Waals surface area contributed by atoms with Gasteiger partial charge in [-0.2, -0.15) is 0 Å². The van der Waals surface area contributed by atoms with Crippen LogP contribution in [0.5, 0.6) is 0 Å². The highest BCUT2D eigenvalue weighted by Gasteiger charge is 2.18. The second kappa shape index (κ2) is 8.08. The number of morpholine rings is 1. The molecule has 0 atom stereocenters. The van der Waals surface area contributed by atoms with Crippen LogP contribution in [0.15, 0.2) is 48.5 Å². The summed E-state index contributed by atoms with van der Waals surface area (Å²) in [6, 6.07) is 14.8. The molecular weight excluding hydrogens is 364 g/mol. The highest BCUT2D eigenvalue weighted by molar-refractivity contribution is 6.30. The number of hydrogen-bond acceptors (Lipinski definition) is 3. The van der Waals surface area contributed by atoms with Crippen molar-refractivity contribution in [2.45, 2.75) is 6.54 Å². The van der Waals surface area contributed by atoms with Crippen LogP contribution < -0.4 is 10.2 Å². The Morgan fingerprint density at radius 2 is 1.89 bits per heavy atom. The van der Waals surface area contributed by atoms with E-state index < -0.39 is 0 Å². The molecule has 7 heteroatoms. The molecule has 140 valence electrons. The molecule has 1 aromatic heterocycles. The lowest BCUT2D eigenvalue weighted by atomic mass is 10.2. The van der Waals surface area contributed by atoms with Crippen LogP contribution in [0.3, 0.4) is 0 Å². The number of anilines is 1. The summed E-state index contributed by atoms with van der Waals surface area (Å²) in [5.74, 6) is 0.380. The molecule has 2 aromatic carbocycles. The van der Waals surface area contributed by atoms with E-state index in [1.54, 1.807) is 24.3 Å². The van der Waals surface area contributed by atoms with Crippen LogP contribution in [0.1, 0.15) is 10.4 Å². The Balaban J connectivity index is 1.57. The van der Waals surface area contributed by atoms with Gasteiger partial charge in [-0.3, -0.25) is 10.1 Å². The number of imidazole rings is 1. The molecule has 1 fully saturated rings. The quantitative estimate of drug-likeness (QED) is 0.704. The Bertz CT molecular complexity index is 933. The van der Waals surface area contributed by atoms with E-state index in [0.717, 1.165) is 50.4 Å². The Labute approximate surface area is 162 Å². The third-order valence-electron chi connectivity index (χ3n) is 4.88. The van der Waals surface area contributed by atoms with Crippen molar-refractivity contribution in [3.8, 4) is 0 Å². The molecule has 1 aliphatic rings. The van der Waals surface area contributed by atoms with E-state index in [0.29, 0.717) is 16.5 Å². The third-order valence-corrected chi connectivity index (χ3v) is 5.13. The highest BCUT2D eigenvalue weighted by Crippen LogP contribution is 2.20. The molecule has 0 bridgehead atoms. The van der Waals surface area contributed by atoms with Crippen molar-refractivity contribution in [1.82, 2.24) is 9.55 Å². The lowest BCUT2D eigenvalue weighted by molar-refractivity contribution is -0.908. The topological polar surface area (TPSA) is 60.6 Å². The van der Waals surface area contributed by atoms with Gasteiger partial charge in [0.25, 0.3) is 5.91 Å². The number of hydrogen-bond donors (Lipinski definition) is 2. The molecule has 0 aliphatic carbocycles. The molecular formula is C20H22ClN4O2+. The summed E-state index contributed by atoms with van der Waals surface area (Å²) in [5, 5.41) is 3.56. The molecule has 1 amide bonds. The maximum Gasteiger partial charge on any atom is 0.257 e. The van der Waals surface area contributed by atoms with Crippen molar-refractivity contribution in [2.24, 2.45) is 0 Å². The maximum atomic E-state index is 12.6. The molecule has 0 spiro atoms. The van der Waals surface area contributed by atoms with Crippen molar-refractivity contribution in [3.63, 3.8) is 0 Å². The Hall–Kier alpha value is -2.41. The number of nitrogens with zero attached hydrogens (tertiary/aromatic N) is 2. The number of para-hydroxylation sites is 2. The standard InChI is InChI=1S/C20H21ClN4O2/c21-16-7-5-15(6-8-16)19(26)23-20-22-17-3-1-2-4-18(17)25(20)10-9-24-11-13-27-14-12-24/h1-8H,9-14H2,(H,22,23,26)/p+1. The Kier molecular flexibility index (Phi) is 5.38. The number of quaternary nitrogens is 1. The minimum atomic E-state index is -0.193. The van der Waals surface area contributed by atoms with Crippen LogP contribution in [-0.4, -0.2) is 48.3 Å². The van der Waals surface area contributed by atoms with Gasteiger partial charge in [-0.15, -0.1) is 0 Å². The molecule has 0 radical (unpaired) electrons. The molecule has 4 rings (SSSR count). The van der Waals surface area contributed by atoms with Crippen molar-refractivity contribution in [3.05, 3.63) is 59.1 Å². The zero-order valence-electron chi connectivity index (χ0n) is 15.0. The van der Waals surface area contributed by atoms with Gasteiger partial charge in [0, 0.05) is 10.6 Å². The molecule has 2 heterocycles. The lowest BCUT2D eigenvalue weighted by Crippen LogP contribution is -3.14. The first-order valence-electron chi connectivity index (χ1n) is 9.14. The fourth-order valence-corrected chi connectivity index (χ4v) is 3.48. The summed E-state index contributed by atoms with van der Waals surface area (Å²) in [4.78, 5) is 18.8. The number of ether oxygens (including phenoxy) is 1. The third kappa shape index (κ3) is 4.13. The van der Waals surface area contributed by atoms with Crippen molar-refractivity contribution in [2.75, 3.05) is 38.2 Å². The number of aromatic nitrogens is 2. The first kappa shape index (κ1) is 18.0. The van der Waals surface area contributed by atoms with E-state index in [1.807, 2.05) is 24.3 Å². The number of rotatable bonds is 5. The zero-order chi connectivity index (χ0) is 18.6. The first-order valence-corrected chi connectivity index (χ1v) is 9.52. The van der Waals surface area contributed by atoms with E-state index in [4.69, 9.17) is 16.3 Å². The summed E-state index contributed by atoms with van der Waals surface area (Å²) in [5.41, 5.74) is 2.45. The minimum absolute atomic E-state index is 0.193. The molecule has 2 N–H and O–H groups in total. The summed E-state index contributed by atoms with van der Waals surface area (Å²) >= 11 is 5.91. The second-order valence-electron chi connectivity index (χ2n) is 6.65. The van der Waals surface area contributed by atoms with Crippen LogP contribution in [0, 0.1) is 0 Å². The van der Waals surface area contributed by atoms with Gasteiger partial charge < -0.3 is 14.2 Å². The number of halogens is 1.